The van der Waals surface area contributed by atoms with E-state index in [1.54, 1.807) is 14.8 Å². The highest BCUT2D eigenvalue weighted by Crippen LogP contribution is 2.28. The van der Waals surface area contributed by atoms with Crippen LogP contribution in [0.3, 0.4) is 0 Å². The van der Waals surface area contributed by atoms with Gasteiger partial charge >= 0.3 is 5.97 Å². The summed E-state index contributed by atoms with van der Waals surface area (Å²) in [4.78, 5) is 11.1. The second kappa shape index (κ2) is 11.1. The van der Waals surface area contributed by atoms with Crippen LogP contribution < -0.4 is 5.32 Å². The van der Waals surface area contributed by atoms with Crippen molar-refractivity contribution in [3.05, 3.63) is 0 Å². The SMILES string of the molecule is BC(CCCC)(CNCC(C)O)C(=O)O.Cl.Cl. The second-order valence-electron chi connectivity index (χ2n) is 4.45. The Morgan fingerprint density at radius 2 is 2.00 bits per heavy atom. The lowest BCUT2D eigenvalue weighted by Crippen LogP contribution is -2.38. The minimum absolute atomic E-state index is 0. The zero-order valence-corrected chi connectivity index (χ0v) is 12.4. The maximum absolute atomic E-state index is 11.1. The zero-order chi connectivity index (χ0) is 11.9. The molecule has 0 saturated heterocycles. The van der Waals surface area contributed by atoms with Gasteiger partial charge in [0.1, 0.15) is 7.85 Å². The third-order valence-electron chi connectivity index (χ3n) is 2.55. The van der Waals surface area contributed by atoms with Gasteiger partial charge in [0.05, 0.1) is 6.10 Å². The van der Waals surface area contributed by atoms with Crippen molar-refractivity contribution >= 4 is 38.6 Å². The van der Waals surface area contributed by atoms with E-state index in [0.29, 0.717) is 19.5 Å². The molecule has 0 aliphatic carbocycles. The van der Waals surface area contributed by atoms with E-state index in [4.69, 9.17) is 10.2 Å². The average Bonchev–Trinajstić information content (AvgIpc) is 2.14. The maximum Gasteiger partial charge on any atom is 0.302 e. The first kappa shape index (κ1) is 22.2. The number of nitrogens with one attached hydrogen (secondary N) is 1. The van der Waals surface area contributed by atoms with E-state index in [1.165, 1.54) is 0 Å². The van der Waals surface area contributed by atoms with Gasteiger partial charge in [-0.25, -0.2) is 0 Å². The van der Waals surface area contributed by atoms with Gasteiger partial charge in [-0.2, -0.15) is 0 Å². The summed E-state index contributed by atoms with van der Waals surface area (Å²) in [5.74, 6) is -0.769. The molecule has 3 N–H and O–H groups in total. The molecule has 0 aromatic carbocycles. The summed E-state index contributed by atoms with van der Waals surface area (Å²) in [6.07, 6.45) is 2.15. The molecule has 0 heterocycles. The number of halogens is 2. The molecule has 0 aromatic rings. The van der Waals surface area contributed by atoms with Crippen LogP contribution >= 0.6 is 24.8 Å². The van der Waals surface area contributed by atoms with Gasteiger partial charge in [-0.1, -0.05) is 19.8 Å². The van der Waals surface area contributed by atoms with Crippen molar-refractivity contribution in [2.24, 2.45) is 0 Å². The third-order valence-corrected chi connectivity index (χ3v) is 2.55. The monoisotopic (exact) mass is 287 g/mol. The summed E-state index contributed by atoms with van der Waals surface area (Å²) < 4.78 is 0. The molecule has 0 radical (unpaired) electrons. The normalized spacial score (nSPS) is 15.0. The summed E-state index contributed by atoms with van der Waals surface area (Å²) in [5.41, 5.74) is 0. The summed E-state index contributed by atoms with van der Waals surface area (Å²) in [5, 5.41) is 20.4. The zero-order valence-electron chi connectivity index (χ0n) is 10.7. The molecule has 0 spiro atoms. The first-order chi connectivity index (χ1) is 6.92. The number of carboxylic acid groups (broad SMARTS) is 1. The Labute approximate surface area is 117 Å². The van der Waals surface area contributed by atoms with Crippen molar-refractivity contribution in [2.45, 2.75) is 44.5 Å². The Bertz CT molecular complexity index is 208. The number of carboxylic acids is 1. The fourth-order valence-electron chi connectivity index (χ4n) is 1.39. The predicted molar refractivity (Wildman–Crippen MR) is 77.4 cm³/mol. The van der Waals surface area contributed by atoms with Crippen LogP contribution in [0.1, 0.15) is 33.1 Å². The second-order valence-corrected chi connectivity index (χ2v) is 4.45. The van der Waals surface area contributed by atoms with Crippen LogP contribution in [-0.4, -0.2) is 43.2 Å². The smallest absolute Gasteiger partial charge is 0.302 e. The molecule has 2 unspecified atom stereocenters. The molecule has 4 nitrogen and oxygen atoms in total. The standard InChI is InChI=1S/C10H22BNO3.2ClH/c1-3-4-5-10(11,9(14)15)7-12-6-8(2)13;;/h8,12-13H,3-7,11H2,1-2H3,(H,14,15);2*1H. The van der Waals surface area contributed by atoms with Gasteiger partial charge in [0.2, 0.25) is 0 Å². The van der Waals surface area contributed by atoms with Crippen molar-refractivity contribution in [1.82, 2.24) is 5.32 Å². The highest BCUT2D eigenvalue weighted by Gasteiger charge is 2.31. The molecule has 0 fully saturated rings. The Morgan fingerprint density at radius 1 is 1.47 bits per heavy atom. The van der Waals surface area contributed by atoms with E-state index >= 15 is 0 Å². The quantitative estimate of drug-likeness (QED) is 0.580. The van der Waals surface area contributed by atoms with E-state index < -0.39 is 17.4 Å². The molecule has 0 rings (SSSR count). The van der Waals surface area contributed by atoms with Crippen LogP contribution in [0.4, 0.5) is 0 Å². The van der Waals surface area contributed by atoms with Crippen molar-refractivity contribution in [3.63, 3.8) is 0 Å². The first-order valence-corrected chi connectivity index (χ1v) is 5.54. The molecule has 0 aromatic heterocycles. The maximum atomic E-state index is 11.1. The molecular formula is C10H24BCl2NO3. The molecule has 0 saturated carbocycles. The molecule has 0 aliphatic heterocycles. The summed E-state index contributed by atoms with van der Waals surface area (Å²) in [6.45, 7) is 4.57. The number of carbonyl (C=O) groups is 1. The molecule has 0 amide bonds. The fourth-order valence-corrected chi connectivity index (χ4v) is 1.39. The molecule has 0 aliphatic rings. The Morgan fingerprint density at radius 3 is 2.35 bits per heavy atom. The summed E-state index contributed by atoms with van der Waals surface area (Å²) in [7, 11) is 1.75. The number of hydrogen-bond acceptors (Lipinski definition) is 3. The summed E-state index contributed by atoms with van der Waals surface area (Å²) >= 11 is 0. The number of aliphatic carboxylic acids is 1. The van der Waals surface area contributed by atoms with E-state index in [0.717, 1.165) is 12.8 Å². The van der Waals surface area contributed by atoms with Gasteiger partial charge in [-0.3, -0.25) is 4.79 Å². The Balaban J connectivity index is -0.000000980. The lowest BCUT2D eigenvalue weighted by molar-refractivity contribution is -0.140. The number of rotatable bonds is 8. The van der Waals surface area contributed by atoms with Crippen molar-refractivity contribution in [1.29, 1.82) is 0 Å². The molecule has 2 atom stereocenters. The highest BCUT2D eigenvalue weighted by atomic mass is 35.5. The number of aliphatic hydroxyl groups excluding tert-OH is 1. The number of aliphatic hydroxyl groups is 1. The van der Waals surface area contributed by atoms with E-state index in [2.05, 4.69) is 5.32 Å². The number of hydrogen-bond donors (Lipinski definition) is 3. The molecule has 104 valence electrons. The summed E-state index contributed by atoms with van der Waals surface area (Å²) in [6, 6.07) is 0. The van der Waals surface area contributed by atoms with Gasteiger partial charge in [0.15, 0.2) is 0 Å². The predicted octanol–water partition coefficient (Wildman–Crippen LogP) is 0.867. The van der Waals surface area contributed by atoms with Gasteiger partial charge in [-0.15, -0.1) is 24.8 Å². The van der Waals surface area contributed by atoms with Crippen LogP contribution in [0.2, 0.25) is 5.31 Å². The van der Waals surface area contributed by atoms with Crippen LogP contribution in [0.15, 0.2) is 0 Å². The third kappa shape index (κ3) is 9.71. The van der Waals surface area contributed by atoms with Gasteiger partial charge in [-0.05, 0) is 13.3 Å². The molecule has 7 heteroatoms. The lowest BCUT2D eigenvalue weighted by atomic mass is 9.65. The fraction of sp³-hybridized carbons (Fsp3) is 0.900. The van der Waals surface area contributed by atoms with Crippen LogP contribution in [-0.2, 0) is 4.79 Å². The topological polar surface area (TPSA) is 69.6 Å². The highest BCUT2D eigenvalue weighted by molar-refractivity contribution is 6.26. The molecule has 17 heavy (non-hydrogen) atoms. The van der Waals surface area contributed by atoms with Crippen molar-refractivity contribution in [2.75, 3.05) is 13.1 Å². The lowest BCUT2D eigenvalue weighted by Gasteiger charge is -2.25. The molecular weight excluding hydrogens is 264 g/mol. The van der Waals surface area contributed by atoms with Crippen molar-refractivity contribution < 1.29 is 15.0 Å². The van der Waals surface area contributed by atoms with Gasteiger partial charge < -0.3 is 15.5 Å². The first-order valence-electron chi connectivity index (χ1n) is 5.54. The Hall–Kier alpha value is 0.0349. The van der Waals surface area contributed by atoms with Crippen LogP contribution in [0, 0.1) is 0 Å². The largest absolute Gasteiger partial charge is 0.481 e. The Kier molecular flexibility index (Phi) is 14.6. The minimum atomic E-state index is -0.769. The van der Waals surface area contributed by atoms with Crippen LogP contribution in [0.25, 0.3) is 0 Å². The van der Waals surface area contributed by atoms with E-state index in [9.17, 15) is 4.79 Å². The average molecular weight is 288 g/mol. The van der Waals surface area contributed by atoms with E-state index in [1.807, 2.05) is 6.92 Å². The van der Waals surface area contributed by atoms with E-state index in [-0.39, 0.29) is 24.8 Å². The minimum Gasteiger partial charge on any atom is -0.481 e. The van der Waals surface area contributed by atoms with Crippen LogP contribution in [0.5, 0.6) is 0 Å². The van der Waals surface area contributed by atoms with Gasteiger partial charge in [0, 0.05) is 18.4 Å². The van der Waals surface area contributed by atoms with Gasteiger partial charge in [0.25, 0.3) is 0 Å². The molecule has 0 bridgehead atoms. The number of unbranched alkanes of at least 4 members (excludes halogenated alkanes) is 1. The van der Waals surface area contributed by atoms with Crippen molar-refractivity contribution in [3.8, 4) is 0 Å².